The number of rotatable bonds is 13. The molecule has 4 rings (SSSR count). The molecule has 0 aromatic heterocycles. The summed E-state index contributed by atoms with van der Waals surface area (Å²) in [6, 6.07) is 5.27. The molecule has 268 valence electrons. The number of hydrogen-bond acceptors (Lipinski definition) is 8. The van der Waals surface area contributed by atoms with Crippen LogP contribution in [-0.4, -0.2) is 98.1 Å². The molecule has 2 fully saturated rings. The van der Waals surface area contributed by atoms with Crippen LogP contribution in [0, 0.1) is 17.8 Å². The van der Waals surface area contributed by atoms with Gasteiger partial charge in [0.1, 0.15) is 11.4 Å². The van der Waals surface area contributed by atoms with Gasteiger partial charge in [-0.3, -0.25) is 14.4 Å². The molecule has 1 N–H and O–H groups in total. The first kappa shape index (κ1) is 37.4. The summed E-state index contributed by atoms with van der Waals surface area (Å²) in [5.74, 6) is -1.14. The fourth-order valence-corrected chi connectivity index (χ4v) is 6.17. The van der Waals surface area contributed by atoms with Crippen LogP contribution in [0.2, 0.25) is 0 Å². The average molecular weight is 673 g/mol. The number of nitrogens with zero attached hydrogens (tertiary/aromatic N) is 3. The van der Waals surface area contributed by atoms with E-state index in [1.165, 1.54) is 4.90 Å². The fourth-order valence-electron chi connectivity index (χ4n) is 6.17. The van der Waals surface area contributed by atoms with Crippen LogP contribution < -0.4 is 19.9 Å². The van der Waals surface area contributed by atoms with Crippen LogP contribution in [-0.2, 0) is 28.6 Å². The van der Waals surface area contributed by atoms with Gasteiger partial charge in [0.05, 0.1) is 36.8 Å². The second-order valence-corrected chi connectivity index (χ2v) is 14.9. The van der Waals surface area contributed by atoms with E-state index in [4.69, 9.17) is 18.9 Å². The molecule has 0 bridgehead atoms. The van der Waals surface area contributed by atoms with E-state index in [1.807, 2.05) is 45.9 Å². The number of likely N-dealkylation sites (tertiary alicyclic amines) is 1. The summed E-state index contributed by atoms with van der Waals surface area (Å²) in [7, 11) is 0. The molecule has 0 unspecified atom stereocenters. The third-order valence-electron chi connectivity index (χ3n) is 8.91. The number of piperidine rings is 1. The number of ether oxygens (including phenoxy) is 4. The molecular formula is C36H56N4O8. The van der Waals surface area contributed by atoms with Gasteiger partial charge in [0.25, 0.3) is 5.91 Å². The molecule has 1 aromatic carbocycles. The molecule has 12 nitrogen and oxygen atoms in total. The van der Waals surface area contributed by atoms with Crippen molar-refractivity contribution in [3.05, 3.63) is 18.2 Å². The maximum Gasteiger partial charge on any atom is 0.410 e. The van der Waals surface area contributed by atoms with Gasteiger partial charge < -0.3 is 39.0 Å². The van der Waals surface area contributed by atoms with E-state index in [-0.39, 0.29) is 55.2 Å². The number of amides is 4. The van der Waals surface area contributed by atoms with Crippen molar-refractivity contribution in [3.8, 4) is 5.75 Å². The van der Waals surface area contributed by atoms with Crippen molar-refractivity contribution in [2.24, 2.45) is 17.8 Å². The van der Waals surface area contributed by atoms with Crippen molar-refractivity contribution in [1.82, 2.24) is 10.2 Å². The van der Waals surface area contributed by atoms with Crippen LogP contribution >= 0.6 is 0 Å². The van der Waals surface area contributed by atoms with Crippen molar-refractivity contribution in [3.63, 3.8) is 0 Å². The van der Waals surface area contributed by atoms with Crippen molar-refractivity contribution in [1.29, 1.82) is 0 Å². The summed E-state index contributed by atoms with van der Waals surface area (Å²) in [5, 5.41) is 3.13. The van der Waals surface area contributed by atoms with E-state index >= 15 is 0 Å². The zero-order valence-corrected chi connectivity index (χ0v) is 30.3. The molecule has 48 heavy (non-hydrogen) atoms. The van der Waals surface area contributed by atoms with Crippen LogP contribution in [0.1, 0.15) is 81.6 Å². The summed E-state index contributed by atoms with van der Waals surface area (Å²) < 4.78 is 23.0. The van der Waals surface area contributed by atoms with Crippen LogP contribution in [0.25, 0.3) is 0 Å². The van der Waals surface area contributed by atoms with Gasteiger partial charge in [0, 0.05) is 44.6 Å². The lowest BCUT2D eigenvalue weighted by Gasteiger charge is -2.40. The Labute approximate surface area is 285 Å². The quantitative estimate of drug-likeness (QED) is 0.297. The highest BCUT2D eigenvalue weighted by Gasteiger charge is 2.45. The molecule has 4 amide bonds. The molecule has 2 aliphatic heterocycles. The van der Waals surface area contributed by atoms with Crippen LogP contribution in [0.4, 0.5) is 16.2 Å². The molecule has 3 aliphatic rings. The molecule has 12 heteroatoms. The number of hydrogen-bond donors (Lipinski definition) is 1. The van der Waals surface area contributed by atoms with Crippen LogP contribution in [0.15, 0.2) is 18.2 Å². The molecule has 1 saturated heterocycles. The first-order chi connectivity index (χ1) is 22.6. The average Bonchev–Trinajstić information content (AvgIpc) is 3.85. The van der Waals surface area contributed by atoms with Crippen LogP contribution in [0.3, 0.4) is 0 Å². The molecule has 0 radical (unpaired) electrons. The second kappa shape index (κ2) is 15.4. The molecular weight excluding hydrogens is 616 g/mol. The van der Waals surface area contributed by atoms with Gasteiger partial charge in [-0.2, -0.15) is 0 Å². The molecule has 1 aliphatic carbocycles. The van der Waals surface area contributed by atoms with Gasteiger partial charge in [0.2, 0.25) is 11.8 Å². The van der Waals surface area contributed by atoms with Crippen molar-refractivity contribution >= 4 is 35.2 Å². The fraction of sp³-hybridized carbons (Fsp3) is 0.722. The summed E-state index contributed by atoms with van der Waals surface area (Å²) in [5.41, 5.74) is -0.560. The Balaban J connectivity index is 1.64. The highest BCUT2D eigenvalue weighted by atomic mass is 16.6. The predicted molar refractivity (Wildman–Crippen MR) is 183 cm³/mol. The first-order valence-electron chi connectivity index (χ1n) is 17.5. The zero-order valence-electron chi connectivity index (χ0n) is 30.3. The first-order valence-corrected chi connectivity index (χ1v) is 17.5. The minimum Gasteiger partial charge on any atom is -0.476 e. The Morgan fingerprint density at radius 1 is 1.06 bits per heavy atom. The highest BCUT2D eigenvalue weighted by Crippen LogP contribution is 2.43. The Hall–Kier alpha value is -3.38. The highest BCUT2D eigenvalue weighted by molar-refractivity contribution is 6.04. The van der Waals surface area contributed by atoms with E-state index < -0.39 is 29.1 Å². The van der Waals surface area contributed by atoms with E-state index in [0.717, 1.165) is 12.8 Å². The van der Waals surface area contributed by atoms with E-state index in [9.17, 15) is 19.2 Å². The summed E-state index contributed by atoms with van der Waals surface area (Å²) in [4.78, 5) is 60.1. The molecule has 1 saturated carbocycles. The van der Waals surface area contributed by atoms with Gasteiger partial charge in [0.15, 0.2) is 5.60 Å². The van der Waals surface area contributed by atoms with Gasteiger partial charge in [-0.1, -0.05) is 13.8 Å². The topological polar surface area (TPSA) is 127 Å². The molecule has 1 aromatic rings. The van der Waals surface area contributed by atoms with Gasteiger partial charge in [-0.15, -0.1) is 0 Å². The predicted octanol–water partition coefficient (Wildman–Crippen LogP) is 4.77. The number of fused-ring (bicyclic) bond motifs is 1. The Bertz CT molecular complexity index is 1320. The van der Waals surface area contributed by atoms with Crippen LogP contribution in [0.5, 0.6) is 5.75 Å². The van der Waals surface area contributed by atoms with E-state index in [2.05, 4.69) is 5.32 Å². The number of nitrogens with one attached hydrogen (secondary N) is 1. The smallest absolute Gasteiger partial charge is 0.410 e. The zero-order chi connectivity index (χ0) is 35.4. The second-order valence-electron chi connectivity index (χ2n) is 14.9. The minimum absolute atomic E-state index is 0.0234. The standard InChI is InChI=1S/C36H56N4O8/c1-10-45-17-16-39-29-19-27(14-15-30(29)47-36(8,9)33(39)43)40(26-12-13-26)32(42)25-18-24(20-38(21-25)34(44)48-35(5,6)7)31(41)37-28(23(3)4)22-46-11-2/h14-15,19,23-26,28H,10-13,16-18,20-22H2,1-9H3,(H,37,41)/t24-,25+,28+/m0/s1. The lowest BCUT2D eigenvalue weighted by molar-refractivity contribution is -0.133. The van der Waals surface area contributed by atoms with Gasteiger partial charge in [-0.25, -0.2) is 4.79 Å². The lowest BCUT2D eigenvalue weighted by Crippen LogP contribution is -2.55. The minimum atomic E-state index is -1.05. The maximum absolute atomic E-state index is 14.6. The molecule has 2 heterocycles. The summed E-state index contributed by atoms with van der Waals surface area (Å²) >= 11 is 0. The third kappa shape index (κ3) is 9.19. The Morgan fingerprint density at radius 2 is 1.73 bits per heavy atom. The van der Waals surface area contributed by atoms with Gasteiger partial charge in [-0.05, 0) is 91.8 Å². The Kier molecular flexibility index (Phi) is 12.0. The monoisotopic (exact) mass is 672 g/mol. The van der Waals surface area contributed by atoms with E-state index in [1.54, 1.807) is 44.4 Å². The summed E-state index contributed by atoms with van der Waals surface area (Å²) in [6.07, 6.45) is 1.40. The number of anilines is 2. The molecule has 0 spiro atoms. The summed E-state index contributed by atoms with van der Waals surface area (Å²) in [6.45, 7) is 19.2. The van der Waals surface area contributed by atoms with Crippen molar-refractivity contribution in [2.75, 3.05) is 55.9 Å². The third-order valence-corrected chi connectivity index (χ3v) is 8.91. The number of carbonyl (C=O) groups excluding carboxylic acids is 4. The molecule has 3 atom stereocenters. The maximum atomic E-state index is 14.6. The largest absolute Gasteiger partial charge is 0.476 e. The number of carbonyl (C=O) groups is 4. The van der Waals surface area contributed by atoms with Gasteiger partial charge >= 0.3 is 6.09 Å². The number of benzene rings is 1. The van der Waals surface area contributed by atoms with E-state index in [0.29, 0.717) is 50.1 Å². The van der Waals surface area contributed by atoms with Crippen molar-refractivity contribution < 1.29 is 38.1 Å². The Morgan fingerprint density at radius 3 is 2.33 bits per heavy atom. The normalized spacial score (nSPS) is 21.3. The van der Waals surface area contributed by atoms with Crippen molar-refractivity contribution in [2.45, 2.75) is 105 Å². The lowest BCUT2D eigenvalue weighted by atomic mass is 9.87. The SMILES string of the molecule is CCOCCN1C(=O)C(C)(C)Oc2ccc(N(C(=O)[C@@H]3C[C@H](C(=O)N[C@H](COCC)C(C)C)CN(C(=O)OC(C)(C)C)C3)C3CC3)cc21.